The lowest BCUT2D eigenvalue weighted by atomic mass is 10.2. The number of nitrogens with one attached hydrogen (secondary N) is 1. The van der Waals surface area contributed by atoms with Crippen molar-refractivity contribution in [1.29, 1.82) is 0 Å². The standard InChI is InChI=1S/C20H21N3O3S/c1-14-3-8-18-22-16(9-20(25)23(18)11-14)12-27-13-19(24)21-10-15-4-6-17(26-2)7-5-15/h3-9,11H,10,12-13H2,1-2H3,(H,21,24). The fourth-order valence-electron chi connectivity index (χ4n) is 2.58. The lowest BCUT2D eigenvalue weighted by Gasteiger charge is -2.07. The van der Waals surface area contributed by atoms with Crippen molar-refractivity contribution in [3.8, 4) is 5.75 Å². The summed E-state index contributed by atoms with van der Waals surface area (Å²) in [6.07, 6.45) is 1.77. The van der Waals surface area contributed by atoms with Crippen molar-refractivity contribution in [3.63, 3.8) is 0 Å². The fourth-order valence-corrected chi connectivity index (χ4v) is 3.32. The van der Waals surface area contributed by atoms with Gasteiger partial charge in [0, 0.05) is 24.6 Å². The molecule has 1 amide bonds. The van der Waals surface area contributed by atoms with Crippen LogP contribution in [0.5, 0.6) is 5.75 Å². The Morgan fingerprint density at radius 1 is 1.22 bits per heavy atom. The highest BCUT2D eigenvalue weighted by Crippen LogP contribution is 2.12. The maximum atomic E-state index is 12.2. The number of amides is 1. The van der Waals surface area contributed by atoms with Gasteiger partial charge in [-0.3, -0.25) is 14.0 Å². The van der Waals surface area contributed by atoms with Gasteiger partial charge in [-0.15, -0.1) is 11.8 Å². The summed E-state index contributed by atoms with van der Waals surface area (Å²) < 4.78 is 6.64. The van der Waals surface area contributed by atoms with E-state index >= 15 is 0 Å². The molecule has 0 atom stereocenters. The maximum absolute atomic E-state index is 12.2. The van der Waals surface area contributed by atoms with Gasteiger partial charge in [0.2, 0.25) is 5.91 Å². The number of benzene rings is 1. The van der Waals surface area contributed by atoms with Gasteiger partial charge in [0.25, 0.3) is 5.56 Å². The van der Waals surface area contributed by atoms with Crippen LogP contribution in [0.4, 0.5) is 0 Å². The first-order valence-electron chi connectivity index (χ1n) is 8.51. The first-order valence-corrected chi connectivity index (χ1v) is 9.67. The number of thioether (sulfide) groups is 1. The molecule has 6 nitrogen and oxygen atoms in total. The lowest BCUT2D eigenvalue weighted by Crippen LogP contribution is -2.24. The van der Waals surface area contributed by atoms with E-state index in [4.69, 9.17) is 4.74 Å². The summed E-state index contributed by atoms with van der Waals surface area (Å²) in [5.41, 5.74) is 3.20. The SMILES string of the molecule is COc1ccc(CNC(=O)CSCc2cc(=O)n3cc(C)ccc3n2)cc1. The first-order chi connectivity index (χ1) is 13.0. The summed E-state index contributed by atoms with van der Waals surface area (Å²) in [4.78, 5) is 28.7. The van der Waals surface area contributed by atoms with Crippen LogP contribution in [0.15, 0.2) is 53.5 Å². The summed E-state index contributed by atoms with van der Waals surface area (Å²) in [6, 6.07) is 12.8. The lowest BCUT2D eigenvalue weighted by molar-refractivity contribution is -0.118. The number of nitrogens with zero attached hydrogens (tertiary/aromatic N) is 2. The van der Waals surface area contributed by atoms with Crippen molar-refractivity contribution in [2.75, 3.05) is 12.9 Å². The minimum atomic E-state index is -0.108. The molecule has 0 aliphatic rings. The fraction of sp³-hybridized carbons (Fsp3) is 0.250. The second-order valence-corrected chi connectivity index (χ2v) is 7.12. The molecule has 0 fully saturated rings. The van der Waals surface area contributed by atoms with Gasteiger partial charge in [0.15, 0.2) is 0 Å². The zero-order valence-corrected chi connectivity index (χ0v) is 16.1. The quantitative estimate of drug-likeness (QED) is 0.679. The summed E-state index contributed by atoms with van der Waals surface area (Å²) in [7, 11) is 1.62. The van der Waals surface area contributed by atoms with E-state index in [9.17, 15) is 9.59 Å². The minimum Gasteiger partial charge on any atom is -0.497 e. The normalized spacial score (nSPS) is 10.7. The molecule has 1 aromatic carbocycles. The number of ether oxygens (including phenoxy) is 1. The average Bonchev–Trinajstić information content (AvgIpc) is 2.67. The Morgan fingerprint density at radius 2 is 2.00 bits per heavy atom. The average molecular weight is 383 g/mol. The van der Waals surface area contributed by atoms with E-state index in [1.165, 1.54) is 22.2 Å². The predicted molar refractivity (Wildman–Crippen MR) is 107 cm³/mol. The van der Waals surface area contributed by atoms with Crippen LogP contribution in [-0.2, 0) is 17.1 Å². The third-order valence-corrected chi connectivity index (χ3v) is 4.96. The molecule has 1 N–H and O–H groups in total. The highest BCUT2D eigenvalue weighted by molar-refractivity contribution is 7.99. The minimum absolute atomic E-state index is 0.0519. The molecule has 2 heterocycles. The van der Waals surface area contributed by atoms with Crippen molar-refractivity contribution < 1.29 is 9.53 Å². The Kier molecular flexibility index (Phi) is 6.13. The highest BCUT2D eigenvalue weighted by Gasteiger charge is 2.06. The molecule has 0 bridgehead atoms. The van der Waals surface area contributed by atoms with E-state index in [1.54, 1.807) is 13.3 Å². The molecule has 140 valence electrons. The number of carbonyl (C=O) groups is 1. The van der Waals surface area contributed by atoms with Gasteiger partial charge >= 0.3 is 0 Å². The number of aryl methyl sites for hydroxylation is 1. The van der Waals surface area contributed by atoms with Crippen LogP contribution in [0.1, 0.15) is 16.8 Å². The molecule has 7 heteroatoms. The summed E-state index contributed by atoms with van der Waals surface area (Å²) in [5.74, 6) is 1.55. The number of rotatable bonds is 7. The molecule has 3 aromatic rings. The number of carbonyl (C=O) groups excluding carboxylic acids is 1. The molecule has 3 rings (SSSR count). The van der Waals surface area contributed by atoms with Crippen LogP contribution in [0, 0.1) is 6.92 Å². The second kappa shape index (κ2) is 8.73. The van der Waals surface area contributed by atoms with E-state index < -0.39 is 0 Å². The molecule has 2 aromatic heterocycles. The maximum Gasteiger partial charge on any atom is 0.258 e. The Bertz CT molecular complexity index is 1000. The van der Waals surface area contributed by atoms with E-state index in [-0.39, 0.29) is 11.5 Å². The first kappa shape index (κ1) is 19.0. The topological polar surface area (TPSA) is 72.7 Å². The summed E-state index contributed by atoms with van der Waals surface area (Å²) >= 11 is 1.43. The summed E-state index contributed by atoms with van der Waals surface area (Å²) in [5, 5.41) is 2.88. The van der Waals surface area contributed by atoms with Gasteiger partial charge in [-0.2, -0.15) is 0 Å². The predicted octanol–water partition coefficient (Wildman–Crippen LogP) is 2.56. The van der Waals surface area contributed by atoms with Crippen LogP contribution in [0.3, 0.4) is 0 Å². The number of pyridine rings is 1. The Labute approximate surface area is 161 Å². The Balaban J connectivity index is 1.50. The van der Waals surface area contributed by atoms with Gasteiger partial charge in [-0.1, -0.05) is 18.2 Å². The van der Waals surface area contributed by atoms with Crippen LogP contribution in [0.25, 0.3) is 5.65 Å². The number of fused-ring (bicyclic) bond motifs is 1. The summed E-state index contributed by atoms with van der Waals surface area (Å²) in [6.45, 7) is 2.40. The third-order valence-electron chi connectivity index (χ3n) is 3.99. The van der Waals surface area contributed by atoms with Gasteiger partial charge in [-0.25, -0.2) is 4.98 Å². The molecule has 0 saturated carbocycles. The zero-order chi connectivity index (χ0) is 19.2. The van der Waals surface area contributed by atoms with Crippen molar-refractivity contribution >= 4 is 23.3 Å². The van der Waals surface area contributed by atoms with Gasteiger partial charge in [0.1, 0.15) is 11.4 Å². The van der Waals surface area contributed by atoms with Crippen molar-refractivity contribution in [2.24, 2.45) is 0 Å². The van der Waals surface area contributed by atoms with Crippen LogP contribution in [-0.4, -0.2) is 28.2 Å². The van der Waals surface area contributed by atoms with E-state index in [0.717, 1.165) is 16.9 Å². The second-order valence-electron chi connectivity index (χ2n) is 6.14. The smallest absolute Gasteiger partial charge is 0.258 e. The van der Waals surface area contributed by atoms with Crippen molar-refractivity contribution in [1.82, 2.24) is 14.7 Å². The van der Waals surface area contributed by atoms with Crippen molar-refractivity contribution in [2.45, 2.75) is 19.2 Å². The van der Waals surface area contributed by atoms with Gasteiger partial charge in [-0.05, 0) is 36.2 Å². The van der Waals surface area contributed by atoms with Crippen molar-refractivity contribution in [3.05, 3.63) is 75.8 Å². The van der Waals surface area contributed by atoms with Crippen LogP contribution >= 0.6 is 11.8 Å². The number of aromatic nitrogens is 2. The molecular weight excluding hydrogens is 362 g/mol. The van der Waals surface area contributed by atoms with Crippen LogP contribution in [0.2, 0.25) is 0 Å². The molecule has 0 aliphatic carbocycles. The molecule has 0 unspecified atom stereocenters. The highest BCUT2D eigenvalue weighted by atomic mass is 32.2. The molecule has 0 saturated heterocycles. The Morgan fingerprint density at radius 3 is 2.74 bits per heavy atom. The number of hydrogen-bond acceptors (Lipinski definition) is 5. The largest absolute Gasteiger partial charge is 0.497 e. The van der Waals surface area contributed by atoms with Gasteiger partial charge in [0.05, 0.1) is 18.6 Å². The van der Waals surface area contributed by atoms with E-state index in [1.807, 2.05) is 43.3 Å². The monoisotopic (exact) mass is 383 g/mol. The molecule has 0 spiro atoms. The van der Waals surface area contributed by atoms with Crippen LogP contribution < -0.4 is 15.6 Å². The molecule has 27 heavy (non-hydrogen) atoms. The van der Waals surface area contributed by atoms with Gasteiger partial charge < -0.3 is 10.1 Å². The Hall–Kier alpha value is -2.80. The molecule has 0 aliphatic heterocycles. The van der Waals surface area contributed by atoms with E-state index in [2.05, 4.69) is 10.3 Å². The molecular formula is C20H21N3O3S. The zero-order valence-electron chi connectivity index (χ0n) is 15.3. The number of hydrogen-bond donors (Lipinski definition) is 1. The number of methoxy groups -OCH3 is 1. The van der Waals surface area contributed by atoms with E-state index in [0.29, 0.717) is 29.4 Å². The third kappa shape index (κ3) is 5.10. The molecule has 0 radical (unpaired) electrons.